The lowest BCUT2D eigenvalue weighted by Crippen LogP contribution is -2.49. The van der Waals surface area contributed by atoms with Crippen molar-refractivity contribution in [2.75, 3.05) is 32.7 Å². The third kappa shape index (κ3) is 6.58. The van der Waals surface area contributed by atoms with Gasteiger partial charge in [0.05, 0.1) is 12.7 Å². The van der Waals surface area contributed by atoms with Crippen LogP contribution >= 0.6 is 23.2 Å². The molecule has 0 aromatic heterocycles. The van der Waals surface area contributed by atoms with Gasteiger partial charge in [-0.1, -0.05) is 65.2 Å². The number of rotatable bonds is 7. The molecular formula is C27H28Cl2N2O2. The van der Waals surface area contributed by atoms with Crippen LogP contribution in [0.2, 0.25) is 10.0 Å². The Kier molecular flexibility index (Phi) is 8.05. The van der Waals surface area contributed by atoms with Crippen LogP contribution < -0.4 is 0 Å². The number of carbonyl (C=O) groups excluding carboxylic acids is 1. The molecule has 1 amide bonds. The van der Waals surface area contributed by atoms with Crippen molar-refractivity contribution in [1.82, 2.24) is 9.80 Å². The fourth-order valence-corrected chi connectivity index (χ4v) is 4.33. The fourth-order valence-electron chi connectivity index (χ4n) is 4.07. The van der Waals surface area contributed by atoms with E-state index in [1.54, 1.807) is 24.3 Å². The Balaban J connectivity index is 1.38. The highest BCUT2D eigenvalue weighted by atomic mass is 35.5. The van der Waals surface area contributed by atoms with Gasteiger partial charge >= 0.3 is 0 Å². The molecule has 0 radical (unpaired) electrons. The van der Waals surface area contributed by atoms with Crippen molar-refractivity contribution in [3.05, 3.63) is 105 Å². The van der Waals surface area contributed by atoms with Crippen molar-refractivity contribution in [1.29, 1.82) is 0 Å². The van der Waals surface area contributed by atoms with E-state index in [0.717, 1.165) is 30.8 Å². The molecule has 1 heterocycles. The molecule has 3 aromatic rings. The minimum Gasteiger partial charge on any atom is -0.368 e. The minimum absolute atomic E-state index is 0.0521. The van der Waals surface area contributed by atoms with E-state index in [4.69, 9.17) is 27.9 Å². The number of piperazine rings is 1. The number of carbonyl (C=O) groups is 1. The Morgan fingerprint density at radius 1 is 0.909 bits per heavy atom. The molecule has 6 heteroatoms. The smallest absolute Gasteiger partial charge is 0.253 e. The van der Waals surface area contributed by atoms with Crippen LogP contribution in [0.5, 0.6) is 0 Å². The topological polar surface area (TPSA) is 32.8 Å². The summed E-state index contributed by atoms with van der Waals surface area (Å²) >= 11 is 12.1. The fraction of sp³-hybridized carbons (Fsp3) is 0.296. The molecule has 3 aromatic carbocycles. The Labute approximate surface area is 205 Å². The maximum Gasteiger partial charge on any atom is 0.253 e. The predicted octanol–water partition coefficient (Wildman–Crippen LogP) is 6.02. The molecule has 0 bridgehead atoms. The summed E-state index contributed by atoms with van der Waals surface area (Å²) in [5.41, 5.74) is 4.16. The molecule has 1 aliphatic rings. The van der Waals surface area contributed by atoms with E-state index in [-0.39, 0.29) is 12.0 Å². The van der Waals surface area contributed by atoms with Gasteiger partial charge < -0.3 is 9.64 Å². The van der Waals surface area contributed by atoms with Gasteiger partial charge in [-0.25, -0.2) is 0 Å². The monoisotopic (exact) mass is 482 g/mol. The molecule has 4 rings (SSSR count). The quantitative estimate of drug-likeness (QED) is 0.412. The summed E-state index contributed by atoms with van der Waals surface area (Å²) in [7, 11) is 0. The summed E-state index contributed by atoms with van der Waals surface area (Å²) in [4.78, 5) is 17.1. The number of benzene rings is 3. The first kappa shape index (κ1) is 23.8. The standard InChI is InChI=1S/C27H28Cl2N2O2/c1-20-3-2-4-21(17-20)19-33-26(22-5-9-24(28)10-6-22)18-30-13-15-31(16-14-30)27(32)23-7-11-25(29)12-8-23/h2-12,17,26H,13-16,18-19H2,1H3. The number of nitrogens with zero attached hydrogens (tertiary/aromatic N) is 2. The molecule has 1 saturated heterocycles. The van der Waals surface area contributed by atoms with Gasteiger partial charge in [-0.3, -0.25) is 9.69 Å². The summed E-state index contributed by atoms with van der Waals surface area (Å²) in [6.45, 7) is 6.37. The van der Waals surface area contributed by atoms with E-state index in [2.05, 4.69) is 36.1 Å². The Hall–Kier alpha value is -2.37. The van der Waals surface area contributed by atoms with Crippen molar-refractivity contribution >= 4 is 29.1 Å². The third-order valence-corrected chi connectivity index (χ3v) is 6.45. The summed E-state index contributed by atoms with van der Waals surface area (Å²) in [5, 5.41) is 1.35. The van der Waals surface area contributed by atoms with Crippen molar-refractivity contribution in [2.45, 2.75) is 19.6 Å². The average molecular weight is 483 g/mol. The molecular weight excluding hydrogens is 455 g/mol. The lowest BCUT2D eigenvalue weighted by molar-refractivity contribution is 0.00341. The van der Waals surface area contributed by atoms with Gasteiger partial charge in [-0.2, -0.15) is 0 Å². The van der Waals surface area contributed by atoms with E-state index in [1.165, 1.54) is 5.56 Å². The first-order valence-corrected chi connectivity index (χ1v) is 11.9. The molecule has 1 unspecified atom stereocenters. The zero-order chi connectivity index (χ0) is 23.2. The van der Waals surface area contributed by atoms with Gasteiger partial charge in [0.2, 0.25) is 0 Å². The summed E-state index contributed by atoms with van der Waals surface area (Å²) < 4.78 is 6.39. The number of ether oxygens (including phenoxy) is 1. The van der Waals surface area contributed by atoms with Crippen LogP contribution in [0.3, 0.4) is 0 Å². The molecule has 0 aliphatic carbocycles. The van der Waals surface area contributed by atoms with Crippen LogP contribution in [0.25, 0.3) is 0 Å². The number of halogens is 2. The predicted molar refractivity (Wildman–Crippen MR) is 134 cm³/mol. The van der Waals surface area contributed by atoms with Crippen LogP contribution in [0.4, 0.5) is 0 Å². The van der Waals surface area contributed by atoms with Gasteiger partial charge in [0.1, 0.15) is 0 Å². The summed E-state index contributed by atoms with van der Waals surface area (Å²) in [5.74, 6) is 0.0521. The van der Waals surface area contributed by atoms with E-state index in [9.17, 15) is 4.79 Å². The molecule has 0 N–H and O–H groups in total. The molecule has 0 spiro atoms. The highest BCUT2D eigenvalue weighted by Crippen LogP contribution is 2.24. The van der Waals surface area contributed by atoms with E-state index in [1.807, 2.05) is 29.2 Å². The maximum absolute atomic E-state index is 12.8. The molecule has 1 fully saturated rings. The first-order chi connectivity index (χ1) is 16.0. The maximum atomic E-state index is 12.8. The van der Waals surface area contributed by atoms with Crippen molar-refractivity contribution in [2.24, 2.45) is 0 Å². The van der Waals surface area contributed by atoms with Gasteiger partial charge in [-0.15, -0.1) is 0 Å². The average Bonchev–Trinajstić information content (AvgIpc) is 2.83. The van der Waals surface area contributed by atoms with Gasteiger partial charge in [-0.05, 0) is 54.4 Å². The molecule has 4 nitrogen and oxygen atoms in total. The number of hydrogen-bond donors (Lipinski definition) is 0. The normalized spacial score (nSPS) is 15.4. The van der Waals surface area contributed by atoms with Gasteiger partial charge in [0.25, 0.3) is 5.91 Å². The van der Waals surface area contributed by atoms with Crippen molar-refractivity contribution in [3.8, 4) is 0 Å². The zero-order valence-electron chi connectivity index (χ0n) is 18.7. The lowest BCUT2D eigenvalue weighted by Gasteiger charge is -2.36. The van der Waals surface area contributed by atoms with Crippen molar-refractivity contribution < 1.29 is 9.53 Å². The number of amides is 1. The van der Waals surface area contributed by atoms with Crippen LogP contribution in [-0.2, 0) is 11.3 Å². The Bertz CT molecular complexity index is 1060. The van der Waals surface area contributed by atoms with Gasteiger partial charge in [0, 0.05) is 48.3 Å². The van der Waals surface area contributed by atoms with E-state index >= 15 is 0 Å². The summed E-state index contributed by atoms with van der Waals surface area (Å²) in [6.07, 6.45) is -0.0821. The van der Waals surface area contributed by atoms with Crippen LogP contribution in [-0.4, -0.2) is 48.4 Å². The molecule has 33 heavy (non-hydrogen) atoms. The van der Waals surface area contributed by atoms with E-state index < -0.39 is 0 Å². The van der Waals surface area contributed by atoms with Crippen molar-refractivity contribution in [3.63, 3.8) is 0 Å². The molecule has 172 valence electrons. The lowest BCUT2D eigenvalue weighted by atomic mass is 10.1. The number of hydrogen-bond acceptors (Lipinski definition) is 3. The second-order valence-corrected chi connectivity index (χ2v) is 9.31. The van der Waals surface area contributed by atoms with Crippen LogP contribution in [0.15, 0.2) is 72.8 Å². The SMILES string of the molecule is Cc1cccc(COC(CN2CCN(C(=O)c3ccc(Cl)cc3)CC2)c2ccc(Cl)cc2)c1. The van der Waals surface area contributed by atoms with Crippen LogP contribution in [0.1, 0.15) is 33.2 Å². The third-order valence-electron chi connectivity index (χ3n) is 5.95. The van der Waals surface area contributed by atoms with Gasteiger partial charge in [0.15, 0.2) is 0 Å². The second kappa shape index (κ2) is 11.2. The molecule has 1 atom stereocenters. The number of aryl methyl sites for hydroxylation is 1. The zero-order valence-corrected chi connectivity index (χ0v) is 20.2. The molecule has 0 saturated carbocycles. The summed E-state index contributed by atoms with van der Waals surface area (Å²) in [6, 6.07) is 23.3. The Morgan fingerprint density at radius 2 is 1.55 bits per heavy atom. The highest BCUT2D eigenvalue weighted by Gasteiger charge is 2.25. The second-order valence-electron chi connectivity index (χ2n) is 8.44. The Morgan fingerprint density at radius 3 is 2.18 bits per heavy atom. The highest BCUT2D eigenvalue weighted by molar-refractivity contribution is 6.30. The first-order valence-electron chi connectivity index (χ1n) is 11.2. The largest absolute Gasteiger partial charge is 0.368 e. The van der Waals surface area contributed by atoms with E-state index in [0.29, 0.717) is 35.3 Å². The molecule has 1 aliphatic heterocycles. The van der Waals surface area contributed by atoms with Crippen LogP contribution in [0, 0.1) is 6.92 Å². The minimum atomic E-state index is -0.0821.